The third-order valence-electron chi connectivity index (χ3n) is 2.87. The molecular weight excluding hydrogens is 214 g/mol. The van der Waals surface area contributed by atoms with Gasteiger partial charge in [-0.05, 0) is 24.8 Å². The minimum Gasteiger partial charge on any atom is -0.346 e. The fourth-order valence-electron chi connectivity index (χ4n) is 1.72. The van der Waals surface area contributed by atoms with Gasteiger partial charge in [0.05, 0.1) is 0 Å². The number of Topliss-reactive ketones (excluding diaryl/α,β-unsaturated/α-hetero) is 1. The summed E-state index contributed by atoms with van der Waals surface area (Å²) in [7, 11) is 0. The van der Waals surface area contributed by atoms with Gasteiger partial charge in [0.2, 0.25) is 5.78 Å². The van der Waals surface area contributed by atoms with Crippen LogP contribution in [0.2, 0.25) is 0 Å². The average molecular weight is 231 g/mol. The predicted molar refractivity (Wildman–Crippen MR) is 65.9 cm³/mol. The highest BCUT2D eigenvalue weighted by atomic mass is 16.2. The first-order valence-electron chi connectivity index (χ1n) is 6.15. The molecule has 90 valence electrons. The molecule has 3 heteroatoms. The number of carbonyl (C=O) groups excluding carboxylic acids is 2. The molecule has 0 saturated heterocycles. The van der Waals surface area contributed by atoms with Gasteiger partial charge in [-0.25, -0.2) is 0 Å². The van der Waals surface area contributed by atoms with Crippen LogP contribution in [0.3, 0.4) is 0 Å². The average Bonchev–Trinajstić information content (AvgIpc) is 3.13. The fourth-order valence-corrected chi connectivity index (χ4v) is 1.72. The molecule has 0 spiro atoms. The molecule has 0 aromatic heterocycles. The van der Waals surface area contributed by atoms with Crippen molar-refractivity contribution in [3.05, 3.63) is 35.4 Å². The summed E-state index contributed by atoms with van der Waals surface area (Å²) in [6.07, 6.45) is 4.07. The standard InChI is InChI=1S/C14H17NO2/c1-2-3-10-4-6-11(7-5-10)13(16)14(17)15-12-8-9-12/h4-7,12H,2-3,8-9H2,1H3,(H,15,17). The van der Waals surface area contributed by atoms with Gasteiger partial charge in [0.25, 0.3) is 5.91 Å². The van der Waals surface area contributed by atoms with Crippen LogP contribution >= 0.6 is 0 Å². The topological polar surface area (TPSA) is 46.2 Å². The summed E-state index contributed by atoms with van der Waals surface area (Å²) in [5.74, 6) is -0.907. The fraction of sp³-hybridized carbons (Fsp3) is 0.429. The third kappa shape index (κ3) is 3.16. The van der Waals surface area contributed by atoms with Crippen LogP contribution in [-0.4, -0.2) is 17.7 Å². The van der Waals surface area contributed by atoms with Crippen molar-refractivity contribution in [1.29, 1.82) is 0 Å². The Bertz CT molecular complexity index is 418. The molecule has 0 unspecified atom stereocenters. The molecule has 17 heavy (non-hydrogen) atoms. The lowest BCUT2D eigenvalue weighted by Crippen LogP contribution is -2.32. The first-order chi connectivity index (χ1) is 8.20. The summed E-state index contributed by atoms with van der Waals surface area (Å²) in [5, 5.41) is 2.70. The Kier molecular flexibility index (Phi) is 3.57. The predicted octanol–water partition coefficient (Wildman–Crippen LogP) is 2.10. The van der Waals surface area contributed by atoms with Crippen LogP contribution in [-0.2, 0) is 11.2 Å². The third-order valence-corrected chi connectivity index (χ3v) is 2.87. The van der Waals surface area contributed by atoms with Gasteiger partial charge in [-0.3, -0.25) is 9.59 Å². The summed E-state index contributed by atoms with van der Waals surface area (Å²) >= 11 is 0. The minimum absolute atomic E-state index is 0.228. The number of benzene rings is 1. The molecule has 1 aromatic rings. The summed E-state index contributed by atoms with van der Waals surface area (Å²) in [5.41, 5.74) is 1.68. The van der Waals surface area contributed by atoms with E-state index in [0.717, 1.165) is 25.7 Å². The van der Waals surface area contributed by atoms with E-state index >= 15 is 0 Å². The van der Waals surface area contributed by atoms with E-state index in [1.54, 1.807) is 12.1 Å². The van der Waals surface area contributed by atoms with E-state index in [2.05, 4.69) is 12.2 Å². The van der Waals surface area contributed by atoms with Gasteiger partial charge < -0.3 is 5.32 Å². The van der Waals surface area contributed by atoms with Crippen molar-refractivity contribution in [2.24, 2.45) is 0 Å². The minimum atomic E-state index is -0.476. The van der Waals surface area contributed by atoms with E-state index in [1.807, 2.05) is 12.1 Å². The molecule has 1 N–H and O–H groups in total. The summed E-state index contributed by atoms with van der Waals surface area (Å²) in [6, 6.07) is 7.54. The highest BCUT2D eigenvalue weighted by Gasteiger charge is 2.26. The normalized spacial score (nSPS) is 14.4. The first kappa shape index (κ1) is 11.8. The Morgan fingerprint density at radius 1 is 1.24 bits per heavy atom. The van der Waals surface area contributed by atoms with Crippen molar-refractivity contribution in [1.82, 2.24) is 5.32 Å². The van der Waals surface area contributed by atoms with Crippen LogP contribution in [0.5, 0.6) is 0 Å². The molecule has 0 atom stereocenters. The molecule has 0 aliphatic heterocycles. The van der Waals surface area contributed by atoms with E-state index in [0.29, 0.717) is 5.56 Å². The molecule has 0 heterocycles. The second-order valence-corrected chi connectivity index (χ2v) is 4.52. The molecule has 0 bridgehead atoms. The van der Waals surface area contributed by atoms with E-state index in [-0.39, 0.29) is 6.04 Å². The Labute approximate surface area is 101 Å². The Morgan fingerprint density at radius 3 is 2.41 bits per heavy atom. The second-order valence-electron chi connectivity index (χ2n) is 4.52. The number of amides is 1. The second kappa shape index (κ2) is 5.13. The van der Waals surface area contributed by atoms with Crippen molar-refractivity contribution in [3.63, 3.8) is 0 Å². The largest absolute Gasteiger partial charge is 0.346 e. The van der Waals surface area contributed by atoms with Crippen molar-refractivity contribution in [3.8, 4) is 0 Å². The monoisotopic (exact) mass is 231 g/mol. The highest BCUT2D eigenvalue weighted by molar-refractivity contribution is 6.42. The molecule has 1 amide bonds. The zero-order valence-corrected chi connectivity index (χ0v) is 10.0. The van der Waals surface area contributed by atoms with Gasteiger partial charge >= 0.3 is 0 Å². The number of hydrogen-bond acceptors (Lipinski definition) is 2. The van der Waals surface area contributed by atoms with Crippen LogP contribution in [0.15, 0.2) is 24.3 Å². The van der Waals surface area contributed by atoms with Crippen LogP contribution in [0.1, 0.15) is 42.1 Å². The molecule has 1 fully saturated rings. The maximum Gasteiger partial charge on any atom is 0.292 e. The highest BCUT2D eigenvalue weighted by Crippen LogP contribution is 2.18. The lowest BCUT2D eigenvalue weighted by molar-refractivity contribution is -0.117. The molecule has 1 aliphatic rings. The van der Waals surface area contributed by atoms with E-state index in [4.69, 9.17) is 0 Å². The van der Waals surface area contributed by atoms with Crippen LogP contribution in [0, 0.1) is 0 Å². The number of hydrogen-bond donors (Lipinski definition) is 1. The van der Waals surface area contributed by atoms with Crippen LogP contribution in [0.4, 0.5) is 0 Å². The lowest BCUT2D eigenvalue weighted by atomic mass is 10.1. The molecule has 2 rings (SSSR count). The maximum absolute atomic E-state index is 11.8. The van der Waals surface area contributed by atoms with Gasteiger partial charge in [0, 0.05) is 11.6 Å². The molecule has 3 nitrogen and oxygen atoms in total. The zero-order chi connectivity index (χ0) is 12.3. The summed E-state index contributed by atoms with van der Waals surface area (Å²) in [4.78, 5) is 23.3. The quantitative estimate of drug-likeness (QED) is 0.623. The van der Waals surface area contributed by atoms with Crippen LogP contribution < -0.4 is 5.32 Å². The number of ketones is 1. The number of nitrogens with one attached hydrogen (secondary N) is 1. The van der Waals surface area contributed by atoms with Gasteiger partial charge in [-0.2, -0.15) is 0 Å². The van der Waals surface area contributed by atoms with Gasteiger partial charge in [-0.15, -0.1) is 0 Å². The number of aryl methyl sites for hydroxylation is 1. The lowest BCUT2D eigenvalue weighted by Gasteiger charge is -2.03. The Balaban J connectivity index is 2.00. The smallest absolute Gasteiger partial charge is 0.292 e. The van der Waals surface area contributed by atoms with Gasteiger partial charge in [-0.1, -0.05) is 37.6 Å². The maximum atomic E-state index is 11.8. The van der Waals surface area contributed by atoms with Crippen molar-refractivity contribution < 1.29 is 9.59 Å². The molecule has 1 saturated carbocycles. The van der Waals surface area contributed by atoms with Gasteiger partial charge in [0.15, 0.2) is 0 Å². The molecule has 1 aromatic carbocycles. The summed E-state index contributed by atoms with van der Waals surface area (Å²) in [6.45, 7) is 2.11. The zero-order valence-electron chi connectivity index (χ0n) is 10.0. The van der Waals surface area contributed by atoms with Crippen molar-refractivity contribution in [2.75, 3.05) is 0 Å². The molecular formula is C14H17NO2. The van der Waals surface area contributed by atoms with Crippen molar-refractivity contribution in [2.45, 2.75) is 38.6 Å². The Hall–Kier alpha value is -1.64. The van der Waals surface area contributed by atoms with E-state index in [1.165, 1.54) is 5.56 Å². The SMILES string of the molecule is CCCc1ccc(C(=O)C(=O)NC2CC2)cc1. The van der Waals surface area contributed by atoms with E-state index in [9.17, 15) is 9.59 Å². The number of carbonyl (C=O) groups is 2. The number of rotatable bonds is 5. The van der Waals surface area contributed by atoms with E-state index < -0.39 is 11.7 Å². The summed E-state index contributed by atoms with van der Waals surface area (Å²) < 4.78 is 0. The van der Waals surface area contributed by atoms with Crippen LogP contribution in [0.25, 0.3) is 0 Å². The van der Waals surface area contributed by atoms with Crippen molar-refractivity contribution >= 4 is 11.7 Å². The first-order valence-corrected chi connectivity index (χ1v) is 6.15. The molecule has 0 radical (unpaired) electrons. The molecule has 1 aliphatic carbocycles. The Morgan fingerprint density at radius 2 is 1.88 bits per heavy atom. The van der Waals surface area contributed by atoms with Gasteiger partial charge in [0.1, 0.15) is 0 Å².